The summed E-state index contributed by atoms with van der Waals surface area (Å²) in [6.45, 7) is 12.7. The summed E-state index contributed by atoms with van der Waals surface area (Å²) in [5.74, 6) is 0.219. The maximum Gasteiger partial charge on any atom is 0.302 e. The normalized spacial score (nSPS) is 25.0. The average molecular weight is 490 g/mol. The third-order valence-corrected chi connectivity index (χ3v) is 8.12. The smallest absolute Gasteiger partial charge is 0.302 e. The molecule has 2 heterocycles. The van der Waals surface area contributed by atoms with Gasteiger partial charge in [-0.05, 0) is 48.9 Å². The maximum absolute atomic E-state index is 12.5. The summed E-state index contributed by atoms with van der Waals surface area (Å²) < 4.78 is 7.61. The van der Waals surface area contributed by atoms with Gasteiger partial charge in [-0.2, -0.15) is 0 Å². The number of aromatic hydroxyl groups is 1. The fourth-order valence-electron chi connectivity index (χ4n) is 6.82. The number of aryl methyl sites for hydroxylation is 1. The zero-order valence-corrected chi connectivity index (χ0v) is 22.0. The largest absolute Gasteiger partial charge is 0.493 e. The number of carbonyl (C=O) groups excluding carboxylic acids is 1. The minimum atomic E-state index is -0.499. The van der Waals surface area contributed by atoms with Crippen molar-refractivity contribution < 1.29 is 19.5 Å². The van der Waals surface area contributed by atoms with Crippen LogP contribution in [0, 0.1) is 24.7 Å². The maximum atomic E-state index is 12.5. The third kappa shape index (κ3) is 4.64. The molecule has 2 bridgehead atoms. The lowest BCUT2D eigenvalue weighted by Gasteiger charge is -2.37. The van der Waals surface area contributed by atoms with Crippen LogP contribution in [-0.4, -0.2) is 34.8 Å². The van der Waals surface area contributed by atoms with Crippen molar-refractivity contribution in [1.82, 2.24) is 4.57 Å². The number of quaternary nitrogens is 1. The van der Waals surface area contributed by atoms with Gasteiger partial charge in [0, 0.05) is 23.6 Å². The van der Waals surface area contributed by atoms with E-state index in [0.717, 1.165) is 28.6 Å². The highest BCUT2D eigenvalue weighted by Gasteiger charge is 2.52. The molecule has 2 fully saturated rings. The highest BCUT2D eigenvalue weighted by Crippen LogP contribution is 2.47. The number of nitrogens with zero attached hydrogens (tertiary/aromatic N) is 3. The first-order valence-corrected chi connectivity index (χ1v) is 12.8. The second kappa shape index (κ2) is 9.04. The van der Waals surface area contributed by atoms with Crippen molar-refractivity contribution in [3.05, 3.63) is 53.6 Å². The first-order chi connectivity index (χ1) is 17.1. The molecule has 3 atom stereocenters. The summed E-state index contributed by atoms with van der Waals surface area (Å²) in [5, 5.41) is 20.1. The molecule has 1 aromatic heterocycles. The molecule has 1 amide bonds. The van der Waals surface area contributed by atoms with Gasteiger partial charge >= 0.3 is 5.91 Å². The standard InChI is InChI=1S/C29H36N4O3/c1-19-9-8-12-24(20(19)2)36-15-25(34)30-31-26-22-10-6-7-11-23(22)33(27(26)35)18-32-17-29(5)14-21(32)13-28(3,4)16-29/h6-12,21,35H,13-18H2,1-5H3/p+1/t21-,29-/m0/s1. The zero-order chi connectivity index (χ0) is 25.7. The number of nitrogens with one attached hydrogen (secondary N) is 1. The monoisotopic (exact) mass is 489 g/mol. The number of likely N-dealkylation sites (tertiary alicyclic amines) is 1. The van der Waals surface area contributed by atoms with Crippen LogP contribution in [-0.2, 0) is 11.5 Å². The zero-order valence-electron chi connectivity index (χ0n) is 22.0. The fourth-order valence-corrected chi connectivity index (χ4v) is 6.82. The van der Waals surface area contributed by atoms with E-state index in [1.54, 1.807) is 0 Å². The van der Waals surface area contributed by atoms with Crippen LogP contribution in [0.4, 0.5) is 5.69 Å². The molecule has 1 aliphatic carbocycles. The van der Waals surface area contributed by atoms with Gasteiger partial charge < -0.3 is 14.7 Å². The Labute approximate surface area is 212 Å². The first kappa shape index (κ1) is 24.5. The number of aromatic nitrogens is 1. The van der Waals surface area contributed by atoms with Crippen LogP contribution < -0.4 is 9.64 Å². The van der Waals surface area contributed by atoms with E-state index >= 15 is 0 Å². The Balaban J connectivity index is 1.36. The van der Waals surface area contributed by atoms with Crippen LogP contribution in [0.25, 0.3) is 10.9 Å². The van der Waals surface area contributed by atoms with E-state index in [1.807, 2.05) is 60.9 Å². The molecule has 7 nitrogen and oxygen atoms in total. The van der Waals surface area contributed by atoms with Crippen LogP contribution in [0.15, 0.2) is 52.7 Å². The van der Waals surface area contributed by atoms with E-state index in [9.17, 15) is 9.90 Å². The van der Waals surface area contributed by atoms with Gasteiger partial charge in [-0.3, -0.25) is 9.36 Å². The number of azo groups is 1. The highest BCUT2D eigenvalue weighted by molar-refractivity contribution is 5.95. The molecular formula is C29H37N4O3+. The summed E-state index contributed by atoms with van der Waals surface area (Å²) in [4.78, 5) is 14.0. The van der Waals surface area contributed by atoms with Crippen LogP contribution in [0.5, 0.6) is 11.6 Å². The highest BCUT2D eigenvalue weighted by atomic mass is 16.5. The van der Waals surface area contributed by atoms with Gasteiger partial charge in [0.15, 0.2) is 19.0 Å². The van der Waals surface area contributed by atoms with E-state index in [-0.39, 0.29) is 12.5 Å². The molecule has 36 heavy (non-hydrogen) atoms. The fraction of sp³-hybridized carbons (Fsp3) is 0.483. The topological polar surface area (TPSA) is 80.6 Å². The molecule has 0 spiro atoms. The predicted octanol–water partition coefficient (Wildman–Crippen LogP) is 5.09. The lowest BCUT2D eigenvalue weighted by molar-refractivity contribution is -0.936. The molecule has 1 saturated carbocycles. The van der Waals surface area contributed by atoms with Crippen molar-refractivity contribution in [2.24, 2.45) is 21.1 Å². The minimum Gasteiger partial charge on any atom is -0.493 e. The van der Waals surface area contributed by atoms with Crippen LogP contribution in [0.2, 0.25) is 0 Å². The number of rotatable bonds is 6. The summed E-state index contributed by atoms with van der Waals surface area (Å²) in [5.41, 5.74) is 4.01. The summed E-state index contributed by atoms with van der Waals surface area (Å²) in [7, 11) is 0. The molecule has 2 N–H and O–H groups in total. The number of hydrogen-bond donors (Lipinski definition) is 2. The number of amides is 1. The van der Waals surface area contributed by atoms with Crippen LogP contribution in [0.3, 0.4) is 0 Å². The molecule has 190 valence electrons. The predicted molar refractivity (Wildman–Crippen MR) is 140 cm³/mol. The minimum absolute atomic E-state index is 0.0570. The SMILES string of the molecule is Cc1cccc(OCC(=O)N=Nc2c(O)n(C[NH+]3C[C@@]4(C)C[C@@H]3CC(C)(C)C4)c3ccccc23)c1C. The van der Waals surface area contributed by atoms with E-state index in [0.29, 0.717) is 35.0 Å². The van der Waals surface area contributed by atoms with Crippen LogP contribution in [0.1, 0.15) is 51.2 Å². The Bertz CT molecular complexity index is 1340. The van der Waals surface area contributed by atoms with Gasteiger partial charge in [0.05, 0.1) is 18.1 Å². The Kier molecular flexibility index (Phi) is 6.15. The van der Waals surface area contributed by atoms with E-state index in [1.165, 1.54) is 24.2 Å². The lowest BCUT2D eigenvalue weighted by atomic mass is 9.65. The number of ether oxygens (including phenoxy) is 1. The Morgan fingerprint density at radius 3 is 2.72 bits per heavy atom. The quantitative estimate of drug-likeness (QED) is 0.473. The number of carbonyl (C=O) groups is 1. The van der Waals surface area contributed by atoms with Crippen molar-refractivity contribution >= 4 is 22.5 Å². The van der Waals surface area contributed by atoms with E-state index < -0.39 is 5.91 Å². The Hall–Kier alpha value is -3.19. The van der Waals surface area contributed by atoms with E-state index in [2.05, 4.69) is 31.0 Å². The Morgan fingerprint density at radius 1 is 1.14 bits per heavy atom. The number of benzene rings is 2. The van der Waals surface area contributed by atoms with Crippen molar-refractivity contribution in [3.8, 4) is 11.6 Å². The second-order valence-electron chi connectivity index (χ2n) is 11.9. The van der Waals surface area contributed by atoms with Crippen molar-refractivity contribution in [3.63, 3.8) is 0 Å². The van der Waals surface area contributed by atoms with Gasteiger partial charge in [-0.15, -0.1) is 10.2 Å². The van der Waals surface area contributed by atoms with Gasteiger partial charge in [0.1, 0.15) is 5.75 Å². The molecular weight excluding hydrogens is 452 g/mol. The Morgan fingerprint density at radius 2 is 1.92 bits per heavy atom. The van der Waals surface area contributed by atoms with Gasteiger partial charge in [0.2, 0.25) is 5.88 Å². The first-order valence-electron chi connectivity index (χ1n) is 12.8. The molecule has 3 aromatic rings. The molecule has 2 aromatic carbocycles. The molecule has 1 saturated heterocycles. The molecule has 7 heteroatoms. The number of fused-ring (bicyclic) bond motifs is 3. The van der Waals surface area contributed by atoms with Gasteiger partial charge in [-0.1, -0.05) is 51.1 Å². The van der Waals surface area contributed by atoms with Crippen molar-refractivity contribution in [1.29, 1.82) is 0 Å². The van der Waals surface area contributed by atoms with E-state index in [4.69, 9.17) is 4.74 Å². The number of para-hydroxylation sites is 1. The number of hydrogen-bond acceptors (Lipinski definition) is 4. The molecule has 1 aliphatic heterocycles. The van der Waals surface area contributed by atoms with Gasteiger partial charge in [-0.25, -0.2) is 0 Å². The van der Waals surface area contributed by atoms with Crippen LogP contribution >= 0.6 is 0 Å². The average Bonchev–Trinajstić information content (AvgIpc) is 3.21. The molecule has 0 radical (unpaired) electrons. The molecule has 1 unspecified atom stereocenters. The second-order valence-corrected chi connectivity index (χ2v) is 11.9. The summed E-state index contributed by atoms with van der Waals surface area (Å²) in [6.07, 6.45) is 3.66. The van der Waals surface area contributed by atoms with Gasteiger partial charge in [0.25, 0.3) is 0 Å². The third-order valence-electron chi connectivity index (χ3n) is 8.12. The molecule has 2 aliphatic rings. The summed E-state index contributed by atoms with van der Waals surface area (Å²) >= 11 is 0. The lowest BCUT2D eigenvalue weighted by Crippen LogP contribution is -3.13. The molecule has 5 rings (SSSR count). The van der Waals surface area contributed by atoms with Crippen molar-refractivity contribution in [2.45, 2.75) is 66.6 Å². The summed E-state index contributed by atoms with van der Waals surface area (Å²) in [6, 6.07) is 14.1. The van der Waals surface area contributed by atoms with Crippen molar-refractivity contribution in [2.75, 3.05) is 13.2 Å².